The summed E-state index contributed by atoms with van der Waals surface area (Å²) in [6, 6.07) is 2.34. The Balaban J connectivity index is 2.96. The smallest absolute Gasteiger partial charge is 0.339 e. The summed E-state index contributed by atoms with van der Waals surface area (Å²) in [7, 11) is -3.12. The average Bonchev–Trinajstić information content (AvgIpc) is 2.21. The maximum absolute atomic E-state index is 13.1. The summed E-state index contributed by atoms with van der Waals surface area (Å²) in [6.45, 7) is 0. The number of hydrogen-bond donors (Lipinski definition) is 2. The van der Waals surface area contributed by atoms with Gasteiger partial charge in [-0.25, -0.2) is 17.6 Å². The van der Waals surface area contributed by atoms with E-state index >= 15 is 0 Å². The van der Waals surface area contributed by atoms with Crippen molar-refractivity contribution in [3.05, 3.63) is 23.5 Å². The molecule has 1 aromatic rings. The minimum Gasteiger partial charge on any atom is -0.478 e. The first-order chi connectivity index (χ1) is 8.22. The van der Waals surface area contributed by atoms with E-state index in [-0.39, 0.29) is 22.0 Å². The van der Waals surface area contributed by atoms with Gasteiger partial charge in [-0.15, -0.1) is 11.8 Å². The van der Waals surface area contributed by atoms with Gasteiger partial charge in [0.2, 0.25) is 0 Å². The Labute approximate surface area is 108 Å². The number of nitrogen functional groups attached to an aromatic ring is 1. The van der Waals surface area contributed by atoms with Crippen LogP contribution >= 0.6 is 11.8 Å². The van der Waals surface area contributed by atoms with E-state index in [1.807, 2.05) is 0 Å². The molecule has 0 heterocycles. The van der Waals surface area contributed by atoms with E-state index in [4.69, 9.17) is 10.8 Å². The van der Waals surface area contributed by atoms with Crippen LogP contribution in [0.4, 0.5) is 10.1 Å². The number of carbonyl (C=O) groups is 1. The Bertz CT molecular complexity index is 571. The molecule has 0 saturated carbocycles. The van der Waals surface area contributed by atoms with Crippen LogP contribution < -0.4 is 5.73 Å². The van der Waals surface area contributed by atoms with Crippen LogP contribution in [0.5, 0.6) is 0 Å². The van der Waals surface area contributed by atoms with Crippen LogP contribution in [-0.2, 0) is 9.84 Å². The van der Waals surface area contributed by atoms with Crippen molar-refractivity contribution in [2.75, 3.05) is 23.5 Å². The Kier molecular flexibility index (Phi) is 4.58. The number of rotatable bonds is 5. The van der Waals surface area contributed by atoms with E-state index in [1.54, 1.807) is 0 Å². The van der Waals surface area contributed by atoms with E-state index in [2.05, 4.69) is 0 Å². The molecular weight excluding hydrogens is 281 g/mol. The van der Waals surface area contributed by atoms with Gasteiger partial charge in [0.15, 0.2) is 0 Å². The van der Waals surface area contributed by atoms with Gasteiger partial charge < -0.3 is 10.8 Å². The maximum atomic E-state index is 13.1. The summed E-state index contributed by atoms with van der Waals surface area (Å²) >= 11 is 1.02. The number of sulfone groups is 1. The first-order valence-corrected chi connectivity index (χ1v) is 7.89. The quantitative estimate of drug-likeness (QED) is 0.626. The highest BCUT2D eigenvalue weighted by Crippen LogP contribution is 2.29. The van der Waals surface area contributed by atoms with Gasteiger partial charge in [-0.05, 0) is 12.1 Å². The van der Waals surface area contributed by atoms with E-state index in [1.165, 1.54) is 6.07 Å². The highest BCUT2D eigenvalue weighted by atomic mass is 32.2. The summed E-state index contributed by atoms with van der Waals surface area (Å²) in [6.07, 6.45) is 1.09. The number of nitrogens with two attached hydrogens (primary N) is 1. The fourth-order valence-corrected chi connectivity index (χ4v) is 3.49. The lowest BCUT2D eigenvalue weighted by atomic mass is 10.2. The number of benzene rings is 1. The van der Waals surface area contributed by atoms with E-state index in [0.29, 0.717) is 0 Å². The predicted molar refractivity (Wildman–Crippen MR) is 68.2 cm³/mol. The lowest BCUT2D eigenvalue weighted by Crippen LogP contribution is -2.08. The Hall–Kier alpha value is -1.28. The first-order valence-electron chi connectivity index (χ1n) is 4.84. The third kappa shape index (κ3) is 3.88. The SMILES string of the molecule is CS(=O)(=O)CCSc1ccc(F)c(N)c1C(=O)O. The van der Waals surface area contributed by atoms with Crippen molar-refractivity contribution >= 4 is 33.3 Å². The zero-order valence-corrected chi connectivity index (χ0v) is 11.1. The third-order valence-electron chi connectivity index (χ3n) is 2.08. The van der Waals surface area contributed by atoms with Crippen LogP contribution in [0.1, 0.15) is 10.4 Å². The van der Waals surface area contributed by atoms with E-state index < -0.39 is 27.3 Å². The summed E-state index contributed by atoms with van der Waals surface area (Å²) in [5.74, 6) is -2.05. The average molecular weight is 293 g/mol. The molecule has 100 valence electrons. The van der Waals surface area contributed by atoms with Crippen LogP contribution in [-0.4, -0.2) is 37.3 Å². The Morgan fingerprint density at radius 1 is 1.50 bits per heavy atom. The third-order valence-corrected chi connectivity index (χ3v) is 4.34. The minimum atomic E-state index is -3.12. The van der Waals surface area contributed by atoms with Crippen molar-refractivity contribution in [2.45, 2.75) is 4.90 Å². The fourth-order valence-electron chi connectivity index (χ4n) is 1.22. The van der Waals surface area contributed by atoms with Crippen LogP contribution in [0.25, 0.3) is 0 Å². The number of halogens is 1. The maximum Gasteiger partial charge on any atom is 0.339 e. The molecule has 0 aliphatic heterocycles. The zero-order chi connectivity index (χ0) is 13.9. The van der Waals surface area contributed by atoms with Crippen LogP contribution in [0.2, 0.25) is 0 Å². The van der Waals surface area contributed by atoms with Gasteiger partial charge in [0.05, 0.1) is 17.0 Å². The van der Waals surface area contributed by atoms with Gasteiger partial charge in [-0.3, -0.25) is 0 Å². The molecule has 3 N–H and O–H groups in total. The second-order valence-corrected chi connectivity index (χ2v) is 7.01. The first kappa shape index (κ1) is 14.8. The van der Waals surface area contributed by atoms with Crippen molar-refractivity contribution < 1.29 is 22.7 Å². The molecule has 5 nitrogen and oxygen atoms in total. The lowest BCUT2D eigenvalue weighted by Gasteiger charge is -2.08. The van der Waals surface area contributed by atoms with Crippen molar-refractivity contribution in [1.82, 2.24) is 0 Å². The molecule has 1 rings (SSSR count). The molecule has 0 aliphatic rings. The molecule has 1 aromatic carbocycles. The normalized spacial score (nSPS) is 11.4. The van der Waals surface area contributed by atoms with Crippen LogP contribution in [0, 0.1) is 5.82 Å². The number of anilines is 1. The Morgan fingerprint density at radius 3 is 2.61 bits per heavy atom. The van der Waals surface area contributed by atoms with Crippen molar-refractivity contribution in [1.29, 1.82) is 0 Å². The summed E-state index contributed by atoms with van der Waals surface area (Å²) in [5, 5.41) is 8.95. The number of aromatic carboxylic acids is 1. The molecule has 0 aliphatic carbocycles. The molecule has 0 aromatic heterocycles. The fraction of sp³-hybridized carbons (Fsp3) is 0.300. The second-order valence-electron chi connectivity index (χ2n) is 3.62. The highest BCUT2D eigenvalue weighted by molar-refractivity contribution is 8.00. The van der Waals surface area contributed by atoms with Crippen molar-refractivity contribution in [2.24, 2.45) is 0 Å². The lowest BCUT2D eigenvalue weighted by molar-refractivity contribution is 0.0694. The van der Waals surface area contributed by atoms with Crippen LogP contribution in [0.15, 0.2) is 17.0 Å². The highest BCUT2D eigenvalue weighted by Gasteiger charge is 2.18. The summed E-state index contributed by atoms with van der Waals surface area (Å²) in [4.78, 5) is 11.2. The number of carboxylic acid groups (broad SMARTS) is 1. The number of thioether (sulfide) groups is 1. The summed E-state index contributed by atoms with van der Waals surface area (Å²) in [5.41, 5.74) is 4.59. The monoisotopic (exact) mass is 293 g/mol. The predicted octanol–water partition coefficient (Wildman–Crippen LogP) is 1.24. The number of hydrogen-bond acceptors (Lipinski definition) is 5. The van der Waals surface area contributed by atoms with Gasteiger partial charge in [0, 0.05) is 16.9 Å². The number of carboxylic acids is 1. The molecule has 0 amide bonds. The largest absolute Gasteiger partial charge is 0.478 e. The molecule has 0 bridgehead atoms. The molecule has 0 spiro atoms. The molecular formula is C10H12FNO4S2. The molecule has 0 saturated heterocycles. The standard InChI is InChI=1S/C10H12FNO4S2/c1-18(15,16)5-4-17-7-3-2-6(11)9(12)8(7)10(13)14/h2-3H,4-5,12H2,1H3,(H,13,14). The zero-order valence-electron chi connectivity index (χ0n) is 9.51. The Morgan fingerprint density at radius 2 is 2.11 bits per heavy atom. The van der Waals surface area contributed by atoms with Gasteiger partial charge in [-0.2, -0.15) is 0 Å². The van der Waals surface area contributed by atoms with Crippen molar-refractivity contribution in [3.8, 4) is 0 Å². The van der Waals surface area contributed by atoms with Gasteiger partial charge in [0.1, 0.15) is 15.7 Å². The minimum absolute atomic E-state index is 0.0893. The van der Waals surface area contributed by atoms with Gasteiger partial charge in [-0.1, -0.05) is 0 Å². The molecule has 8 heteroatoms. The van der Waals surface area contributed by atoms with Crippen molar-refractivity contribution in [3.63, 3.8) is 0 Å². The molecule has 0 fully saturated rings. The van der Waals surface area contributed by atoms with Gasteiger partial charge >= 0.3 is 5.97 Å². The van der Waals surface area contributed by atoms with E-state index in [9.17, 15) is 17.6 Å². The molecule has 0 radical (unpaired) electrons. The van der Waals surface area contributed by atoms with Crippen LogP contribution in [0.3, 0.4) is 0 Å². The topological polar surface area (TPSA) is 97.5 Å². The molecule has 0 unspecified atom stereocenters. The molecule has 18 heavy (non-hydrogen) atoms. The van der Waals surface area contributed by atoms with Gasteiger partial charge in [0.25, 0.3) is 0 Å². The summed E-state index contributed by atoms with van der Waals surface area (Å²) < 4.78 is 35.0. The second kappa shape index (κ2) is 5.57. The van der Waals surface area contributed by atoms with E-state index in [0.717, 1.165) is 24.1 Å². The molecule has 0 atom stereocenters.